The minimum Gasteiger partial charge on any atom is -0.461 e. The second-order valence-corrected chi connectivity index (χ2v) is 4.14. The van der Waals surface area contributed by atoms with E-state index in [1.807, 2.05) is 0 Å². The Morgan fingerprint density at radius 1 is 1.41 bits per heavy atom. The smallest absolute Gasteiger partial charge is 0.360 e. The maximum Gasteiger partial charge on any atom is 0.360 e. The van der Waals surface area contributed by atoms with Crippen molar-refractivity contribution in [2.24, 2.45) is 0 Å². The standard InChI is InChI=1S/C12H18N2O3/c1-2-16-11(15)10-9-17-12(13-10)14-7-5-3-4-6-8-14/h9H,2-8H2,1H3. The monoisotopic (exact) mass is 238 g/mol. The Morgan fingerprint density at radius 2 is 2.12 bits per heavy atom. The highest BCUT2D eigenvalue weighted by atomic mass is 16.5. The van der Waals surface area contributed by atoms with Gasteiger partial charge in [0, 0.05) is 13.1 Å². The third-order valence-corrected chi connectivity index (χ3v) is 2.85. The molecule has 0 radical (unpaired) electrons. The fourth-order valence-electron chi connectivity index (χ4n) is 1.97. The highest BCUT2D eigenvalue weighted by Gasteiger charge is 2.18. The number of oxazole rings is 1. The molecule has 1 fully saturated rings. The molecular weight excluding hydrogens is 220 g/mol. The minimum absolute atomic E-state index is 0.256. The van der Waals surface area contributed by atoms with Gasteiger partial charge in [-0.15, -0.1) is 0 Å². The van der Waals surface area contributed by atoms with Gasteiger partial charge in [-0.05, 0) is 19.8 Å². The number of anilines is 1. The summed E-state index contributed by atoms with van der Waals surface area (Å²) in [6, 6.07) is 0.537. The molecule has 0 aromatic carbocycles. The summed E-state index contributed by atoms with van der Waals surface area (Å²) in [5.41, 5.74) is 0.256. The fourth-order valence-corrected chi connectivity index (χ4v) is 1.97. The van der Waals surface area contributed by atoms with Gasteiger partial charge >= 0.3 is 5.97 Å². The Balaban J connectivity index is 2.03. The van der Waals surface area contributed by atoms with Crippen LogP contribution in [0.2, 0.25) is 0 Å². The van der Waals surface area contributed by atoms with Crippen LogP contribution < -0.4 is 4.90 Å². The summed E-state index contributed by atoms with van der Waals surface area (Å²) in [6.07, 6.45) is 6.18. The Morgan fingerprint density at radius 3 is 2.76 bits per heavy atom. The van der Waals surface area contributed by atoms with Crippen LogP contribution in [0.4, 0.5) is 6.01 Å². The molecule has 1 aliphatic rings. The number of hydrogen-bond acceptors (Lipinski definition) is 5. The van der Waals surface area contributed by atoms with Crippen molar-refractivity contribution in [1.82, 2.24) is 4.98 Å². The van der Waals surface area contributed by atoms with Crippen LogP contribution in [-0.4, -0.2) is 30.6 Å². The van der Waals surface area contributed by atoms with Gasteiger partial charge in [-0.25, -0.2) is 4.79 Å². The van der Waals surface area contributed by atoms with Crippen molar-refractivity contribution < 1.29 is 13.9 Å². The molecule has 2 rings (SSSR count). The zero-order chi connectivity index (χ0) is 12.1. The predicted octanol–water partition coefficient (Wildman–Crippen LogP) is 2.23. The number of nitrogens with zero attached hydrogens (tertiary/aromatic N) is 2. The molecule has 5 heteroatoms. The molecule has 94 valence electrons. The Labute approximate surface area is 101 Å². The van der Waals surface area contributed by atoms with Crippen LogP contribution in [-0.2, 0) is 4.74 Å². The van der Waals surface area contributed by atoms with E-state index in [4.69, 9.17) is 9.15 Å². The first-order valence-corrected chi connectivity index (χ1v) is 6.19. The van der Waals surface area contributed by atoms with E-state index in [0.717, 1.165) is 25.9 Å². The van der Waals surface area contributed by atoms with Crippen molar-refractivity contribution >= 4 is 12.0 Å². The van der Waals surface area contributed by atoms with Gasteiger partial charge in [0.1, 0.15) is 6.26 Å². The Kier molecular flexibility index (Phi) is 4.01. The summed E-state index contributed by atoms with van der Waals surface area (Å²) in [6.45, 7) is 4.02. The van der Waals surface area contributed by atoms with E-state index in [2.05, 4.69) is 9.88 Å². The van der Waals surface area contributed by atoms with Gasteiger partial charge in [-0.1, -0.05) is 12.8 Å². The maximum atomic E-state index is 11.4. The lowest BCUT2D eigenvalue weighted by Gasteiger charge is -2.16. The van der Waals surface area contributed by atoms with Gasteiger partial charge in [0.25, 0.3) is 6.01 Å². The summed E-state index contributed by atoms with van der Waals surface area (Å²) in [7, 11) is 0. The van der Waals surface area contributed by atoms with Crippen molar-refractivity contribution in [2.45, 2.75) is 32.6 Å². The maximum absolute atomic E-state index is 11.4. The lowest BCUT2D eigenvalue weighted by atomic mass is 10.2. The minimum atomic E-state index is -0.419. The fraction of sp³-hybridized carbons (Fsp3) is 0.667. The first-order valence-electron chi connectivity index (χ1n) is 6.19. The molecule has 0 saturated carbocycles. The number of hydrogen-bond donors (Lipinski definition) is 0. The third kappa shape index (κ3) is 2.99. The molecular formula is C12H18N2O3. The van der Waals surface area contributed by atoms with Crippen LogP contribution in [0.3, 0.4) is 0 Å². The molecule has 0 atom stereocenters. The summed E-state index contributed by atoms with van der Waals surface area (Å²) >= 11 is 0. The lowest BCUT2D eigenvalue weighted by Crippen LogP contribution is -2.24. The first-order chi connectivity index (χ1) is 8.31. The van der Waals surface area contributed by atoms with E-state index in [-0.39, 0.29) is 5.69 Å². The van der Waals surface area contributed by atoms with Gasteiger partial charge in [0.2, 0.25) is 0 Å². The van der Waals surface area contributed by atoms with Crippen molar-refractivity contribution in [3.05, 3.63) is 12.0 Å². The molecule has 17 heavy (non-hydrogen) atoms. The normalized spacial score (nSPS) is 16.6. The van der Waals surface area contributed by atoms with E-state index < -0.39 is 5.97 Å². The molecule has 0 unspecified atom stereocenters. The van der Waals surface area contributed by atoms with E-state index in [9.17, 15) is 4.79 Å². The zero-order valence-electron chi connectivity index (χ0n) is 10.1. The number of aromatic nitrogens is 1. The van der Waals surface area contributed by atoms with Crippen LogP contribution in [0.5, 0.6) is 0 Å². The van der Waals surface area contributed by atoms with Gasteiger partial charge in [-0.3, -0.25) is 0 Å². The summed E-state index contributed by atoms with van der Waals surface area (Å²) in [4.78, 5) is 17.7. The molecule has 1 aromatic rings. The van der Waals surface area contributed by atoms with Gasteiger partial charge in [0.05, 0.1) is 6.61 Å². The number of rotatable bonds is 3. The average Bonchev–Trinajstić information content (AvgIpc) is 2.66. The molecule has 0 aliphatic carbocycles. The number of esters is 1. The summed E-state index contributed by atoms with van der Waals surface area (Å²) in [5, 5.41) is 0. The van der Waals surface area contributed by atoms with Crippen LogP contribution in [0.1, 0.15) is 43.1 Å². The number of carbonyl (C=O) groups is 1. The van der Waals surface area contributed by atoms with Gasteiger partial charge in [0.15, 0.2) is 5.69 Å². The van der Waals surface area contributed by atoms with Gasteiger partial charge in [-0.2, -0.15) is 4.98 Å². The predicted molar refractivity (Wildman–Crippen MR) is 63.1 cm³/mol. The summed E-state index contributed by atoms with van der Waals surface area (Å²) < 4.78 is 10.2. The second-order valence-electron chi connectivity index (χ2n) is 4.14. The first kappa shape index (κ1) is 12.0. The van der Waals surface area contributed by atoms with Crippen molar-refractivity contribution in [3.63, 3.8) is 0 Å². The van der Waals surface area contributed by atoms with Gasteiger partial charge < -0.3 is 14.1 Å². The average molecular weight is 238 g/mol. The van der Waals surface area contributed by atoms with E-state index in [0.29, 0.717) is 12.6 Å². The molecule has 1 saturated heterocycles. The molecule has 2 heterocycles. The Hall–Kier alpha value is -1.52. The van der Waals surface area contributed by atoms with Crippen LogP contribution in [0.25, 0.3) is 0 Å². The van der Waals surface area contributed by atoms with E-state index >= 15 is 0 Å². The highest BCUT2D eigenvalue weighted by molar-refractivity contribution is 5.87. The molecule has 1 aromatic heterocycles. The van der Waals surface area contributed by atoms with Crippen LogP contribution in [0, 0.1) is 0 Å². The van der Waals surface area contributed by atoms with Crippen molar-refractivity contribution in [1.29, 1.82) is 0 Å². The van der Waals surface area contributed by atoms with Crippen molar-refractivity contribution in [3.8, 4) is 0 Å². The Bertz CT molecular complexity index is 368. The van der Waals surface area contributed by atoms with Crippen molar-refractivity contribution in [2.75, 3.05) is 24.6 Å². The number of carbonyl (C=O) groups excluding carboxylic acids is 1. The van der Waals surface area contributed by atoms with Crippen LogP contribution >= 0.6 is 0 Å². The van der Waals surface area contributed by atoms with E-state index in [1.165, 1.54) is 19.1 Å². The topological polar surface area (TPSA) is 55.6 Å². The lowest BCUT2D eigenvalue weighted by molar-refractivity contribution is 0.0519. The third-order valence-electron chi connectivity index (χ3n) is 2.85. The highest BCUT2D eigenvalue weighted by Crippen LogP contribution is 2.19. The quantitative estimate of drug-likeness (QED) is 0.756. The molecule has 0 amide bonds. The SMILES string of the molecule is CCOC(=O)c1coc(N2CCCCCC2)n1. The van der Waals surface area contributed by atoms with E-state index in [1.54, 1.807) is 6.92 Å². The van der Waals surface area contributed by atoms with Crippen LogP contribution in [0.15, 0.2) is 10.7 Å². The zero-order valence-corrected chi connectivity index (χ0v) is 10.1. The molecule has 5 nitrogen and oxygen atoms in total. The molecule has 0 bridgehead atoms. The molecule has 0 spiro atoms. The largest absolute Gasteiger partial charge is 0.461 e. The molecule has 0 N–H and O–H groups in total. The second kappa shape index (κ2) is 5.70. The summed E-state index contributed by atoms with van der Waals surface area (Å²) in [5.74, 6) is -0.419. The number of ether oxygens (including phenoxy) is 1. The molecule has 1 aliphatic heterocycles.